The van der Waals surface area contributed by atoms with Crippen LogP contribution in [-0.2, 0) is 0 Å². The van der Waals surface area contributed by atoms with Crippen molar-refractivity contribution in [2.45, 2.75) is 13.8 Å². The maximum Gasteiger partial charge on any atom is 0.111 e. The number of rotatable bonds is 4. The van der Waals surface area contributed by atoms with E-state index in [1.54, 1.807) is 12.6 Å². The molecule has 3 nitrogen and oxygen atoms in total. The monoisotopic (exact) mass is 127 g/mol. The zero-order valence-corrected chi connectivity index (χ0v) is 5.96. The summed E-state index contributed by atoms with van der Waals surface area (Å²) in [6.45, 7) is 5.51. The fourth-order valence-corrected chi connectivity index (χ4v) is 0.331. The summed E-state index contributed by atoms with van der Waals surface area (Å²) in [6.07, 6.45) is 3.25. The van der Waals surface area contributed by atoms with Crippen LogP contribution in [0.15, 0.2) is 9.98 Å². The third kappa shape index (κ3) is 7.30. The van der Waals surface area contributed by atoms with E-state index in [9.17, 15) is 0 Å². The SMILES string of the molecule is CC=NC=NCNCC. The van der Waals surface area contributed by atoms with E-state index >= 15 is 0 Å². The Morgan fingerprint density at radius 2 is 2.33 bits per heavy atom. The average Bonchev–Trinajstić information content (AvgIpc) is 1.89. The van der Waals surface area contributed by atoms with Gasteiger partial charge in [-0.3, -0.25) is 10.3 Å². The van der Waals surface area contributed by atoms with Gasteiger partial charge in [0.2, 0.25) is 0 Å². The van der Waals surface area contributed by atoms with Crippen LogP contribution >= 0.6 is 0 Å². The van der Waals surface area contributed by atoms with E-state index in [1.807, 2.05) is 13.8 Å². The topological polar surface area (TPSA) is 36.8 Å². The van der Waals surface area contributed by atoms with Crippen LogP contribution in [0, 0.1) is 0 Å². The predicted octanol–water partition coefficient (Wildman–Crippen LogP) is 0.672. The van der Waals surface area contributed by atoms with Gasteiger partial charge in [-0.25, -0.2) is 4.99 Å². The molecule has 0 saturated carbocycles. The summed E-state index contributed by atoms with van der Waals surface area (Å²) in [5.74, 6) is 0. The number of aliphatic imine (C=N–C) groups is 2. The molecule has 9 heavy (non-hydrogen) atoms. The lowest BCUT2D eigenvalue weighted by Gasteiger charge is -1.89. The van der Waals surface area contributed by atoms with Crippen LogP contribution in [0.1, 0.15) is 13.8 Å². The molecule has 0 aliphatic carbocycles. The third-order valence-corrected chi connectivity index (χ3v) is 0.750. The summed E-state index contributed by atoms with van der Waals surface area (Å²) < 4.78 is 0. The molecular weight excluding hydrogens is 114 g/mol. The van der Waals surface area contributed by atoms with E-state index in [4.69, 9.17) is 0 Å². The largest absolute Gasteiger partial charge is 0.299 e. The Labute approximate surface area is 55.9 Å². The number of hydrogen-bond acceptors (Lipinski definition) is 2. The maximum absolute atomic E-state index is 3.92. The molecule has 0 bridgehead atoms. The van der Waals surface area contributed by atoms with E-state index < -0.39 is 0 Å². The molecule has 0 aromatic carbocycles. The molecule has 0 spiro atoms. The molecular formula is C6H13N3. The molecule has 52 valence electrons. The van der Waals surface area contributed by atoms with Gasteiger partial charge >= 0.3 is 0 Å². The van der Waals surface area contributed by atoms with Crippen molar-refractivity contribution in [2.75, 3.05) is 13.2 Å². The maximum atomic E-state index is 3.92. The van der Waals surface area contributed by atoms with Crippen molar-refractivity contribution >= 4 is 12.6 Å². The molecule has 0 aliphatic rings. The van der Waals surface area contributed by atoms with Gasteiger partial charge in [0.1, 0.15) is 6.34 Å². The molecule has 0 rings (SSSR count). The van der Waals surface area contributed by atoms with Crippen LogP contribution in [0.2, 0.25) is 0 Å². The predicted molar refractivity (Wildman–Crippen MR) is 41.2 cm³/mol. The molecule has 3 heteroatoms. The van der Waals surface area contributed by atoms with Gasteiger partial charge < -0.3 is 0 Å². The van der Waals surface area contributed by atoms with Gasteiger partial charge in [0, 0.05) is 6.21 Å². The highest BCUT2D eigenvalue weighted by molar-refractivity contribution is 5.70. The summed E-state index contributed by atoms with van der Waals surface area (Å²) in [4.78, 5) is 7.70. The van der Waals surface area contributed by atoms with Crippen molar-refractivity contribution in [3.8, 4) is 0 Å². The van der Waals surface area contributed by atoms with Crippen molar-refractivity contribution in [1.82, 2.24) is 5.32 Å². The summed E-state index contributed by atoms with van der Waals surface area (Å²) in [5, 5.41) is 3.04. The number of nitrogens with one attached hydrogen (secondary N) is 1. The van der Waals surface area contributed by atoms with Crippen LogP contribution < -0.4 is 5.32 Å². The molecule has 0 aliphatic heterocycles. The van der Waals surface area contributed by atoms with Crippen molar-refractivity contribution in [3.63, 3.8) is 0 Å². The van der Waals surface area contributed by atoms with E-state index in [2.05, 4.69) is 15.3 Å². The Bertz CT molecular complexity index is 96.5. The summed E-state index contributed by atoms with van der Waals surface area (Å²) in [7, 11) is 0. The molecule has 0 radical (unpaired) electrons. The quantitative estimate of drug-likeness (QED) is 0.336. The third-order valence-electron chi connectivity index (χ3n) is 0.750. The minimum absolute atomic E-state index is 0.661. The summed E-state index contributed by atoms with van der Waals surface area (Å²) in [6, 6.07) is 0. The van der Waals surface area contributed by atoms with E-state index in [-0.39, 0.29) is 0 Å². The van der Waals surface area contributed by atoms with Gasteiger partial charge in [-0.1, -0.05) is 6.92 Å². The van der Waals surface area contributed by atoms with E-state index in [0.717, 1.165) is 6.54 Å². The fraction of sp³-hybridized carbons (Fsp3) is 0.667. The first-order valence-corrected chi connectivity index (χ1v) is 3.08. The first-order valence-electron chi connectivity index (χ1n) is 3.08. The van der Waals surface area contributed by atoms with Crippen LogP contribution in [0.4, 0.5) is 0 Å². The van der Waals surface area contributed by atoms with Gasteiger partial charge in [-0.15, -0.1) is 0 Å². The van der Waals surface area contributed by atoms with Crippen LogP contribution in [0.25, 0.3) is 0 Å². The molecule has 0 heterocycles. The van der Waals surface area contributed by atoms with E-state index in [1.165, 1.54) is 0 Å². The zero-order valence-electron chi connectivity index (χ0n) is 5.96. The number of hydrogen-bond donors (Lipinski definition) is 1. The Hall–Kier alpha value is -0.700. The van der Waals surface area contributed by atoms with Crippen molar-refractivity contribution in [1.29, 1.82) is 0 Å². The summed E-state index contributed by atoms with van der Waals surface area (Å²) in [5.41, 5.74) is 0. The Balaban J connectivity index is 3.04. The van der Waals surface area contributed by atoms with Gasteiger partial charge in [-0.05, 0) is 13.5 Å². The highest BCUT2D eigenvalue weighted by atomic mass is 15.0. The normalized spacial score (nSPS) is 11.8. The zero-order chi connectivity index (χ0) is 6.95. The second-order valence-electron chi connectivity index (χ2n) is 1.47. The average molecular weight is 127 g/mol. The molecule has 0 saturated heterocycles. The minimum Gasteiger partial charge on any atom is -0.299 e. The Kier molecular flexibility index (Phi) is 6.73. The van der Waals surface area contributed by atoms with Crippen molar-refractivity contribution in [2.24, 2.45) is 9.98 Å². The van der Waals surface area contributed by atoms with Crippen molar-refractivity contribution in [3.05, 3.63) is 0 Å². The van der Waals surface area contributed by atoms with Gasteiger partial charge in [0.25, 0.3) is 0 Å². The smallest absolute Gasteiger partial charge is 0.111 e. The first kappa shape index (κ1) is 8.30. The lowest BCUT2D eigenvalue weighted by atomic mass is 10.7. The fourth-order valence-electron chi connectivity index (χ4n) is 0.331. The Morgan fingerprint density at radius 3 is 2.89 bits per heavy atom. The minimum atomic E-state index is 0.661. The molecule has 0 amide bonds. The lowest BCUT2D eigenvalue weighted by molar-refractivity contribution is 0.745. The highest BCUT2D eigenvalue weighted by Gasteiger charge is 1.70. The molecule has 1 N–H and O–H groups in total. The first-order chi connectivity index (χ1) is 4.41. The van der Waals surface area contributed by atoms with Crippen LogP contribution in [0.3, 0.4) is 0 Å². The number of nitrogens with zero attached hydrogens (tertiary/aromatic N) is 2. The second kappa shape index (κ2) is 7.30. The molecule has 0 fully saturated rings. The summed E-state index contributed by atoms with van der Waals surface area (Å²) >= 11 is 0. The Morgan fingerprint density at radius 1 is 1.56 bits per heavy atom. The molecule has 0 unspecified atom stereocenters. The molecule has 0 atom stereocenters. The second-order valence-corrected chi connectivity index (χ2v) is 1.47. The van der Waals surface area contributed by atoms with Gasteiger partial charge in [0.15, 0.2) is 0 Å². The van der Waals surface area contributed by atoms with Crippen LogP contribution in [0.5, 0.6) is 0 Å². The highest BCUT2D eigenvalue weighted by Crippen LogP contribution is 1.62. The molecule has 0 aromatic heterocycles. The van der Waals surface area contributed by atoms with Crippen LogP contribution in [-0.4, -0.2) is 25.8 Å². The van der Waals surface area contributed by atoms with Gasteiger partial charge in [0.05, 0.1) is 6.67 Å². The van der Waals surface area contributed by atoms with E-state index in [0.29, 0.717) is 6.67 Å². The molecule has 0 aromatic rings. The van der Waals surface area contributed by atoms with Crippen molar-refractivity contribution < 1.29 is 0 Å². The standard InChI is InChI=1S/C6H13N3/c1-3-7-5-9-6-8-4-2/h3,5,8H,4,6H2,1-2H3. The lowest BCUT2D eigenvalue weighted by Crippen LogP contribution is -2.11. The van der Waals surface area contributed by atoms with Gasteiger partial charge in [-0.2, -0.15) is 0 Å².